The molecule has 0 aromatic heterocycles. The number of nitriles is 1. The zero-order chi connectivity index (χ0) is 12.7. The van der Waals surface area contributed by atoms with E-state index in [0.29, 0.717) is 6.04 Å². The van der Waals surface area contributed by atoms with Crippen molar-refractivity contribution in [3.05, 3.63) is 0 Å². The minimum atomic E-state index is -0.0383. The second-order valence-electron chi connectivity index (χ2n) is 5.73. The van der Waals surface area contributed by atoms with Crippen molar-refractivity contribution in [2.45, 2.75) is 58.0 Å². The molecule has 1 atom stereocenters. The molecule has 1 rings (SSSR count). The first kappa shape index (κ1) is 14.5. The van der Waals surface area contributed by atoms with E-state index in [1.807, 2.05) is 0 Å². The Kier molecular flexibility index (Phi) is 6.54. The molecule has 0 bridgehead atoms. The zero-order valence-corrected chi connectivity index (χ0v) is 11.6. The minimum Gasteiger partial charge on any atom is -0.303 e. The molecule has 3 heteroatoms. The highest BCUT2D eigenvalue weighted by Crippen LogP contribution is 2.24. The van der Waals surface area contributed by atoms with E-state index in [4.69, 9.17) is 5.26 Å². The van der Waals surface area contributed by atoms with E-state index in [2.05, 4.69) is 37.2 Å². The van der Waals surface area contributed by atoms with Crippen molar-refractivity contribution in [1.82, 2.24) is 10.2 Å². The number of likely N-dealkylation sites (N-methyl/N-ethyl adjacent to an activating group) is 1. The summed E-state index contributed by atoms with van der Waals surface area (Å²) in [7, 11) is 2.14. The molecule has 0 aliphatic heterocycles. The average molecular weight is 237 g/mol. The molecule has 0 aromatic carbocycles. The SMILES string of the molecule is CC(C)NC(C#N)CN(C)CC1CCCCC1. The average Bonchev–Trinajstić information content (AvgIpc) is 2.28. The Morgan fingerprint density at radius 1 is 1.29 bits per heavy atom. The highest BCUT2D eigenvalue weighted by Gasteiger charge is 2.17. The molecule has 0 radical (unpaired) electrons. The van der Waals surface area contributed by atoms with Crippen LogP contribution in [0.1, 0.15) is 46.0 Å². The number of hydrogen-bond acceptors (Lipinski definition) is 3. The molecule has 1 unspecified atom stereocenters. The van der Waals surface area contributed by atoms with Gasteiger partial charge in [-0.1, -0.05) is 19.3 Å². The Bertz CT molecular complexity index is 238. The van der Waals surface area contributed by atoms with E-state index in [1.165, 1.54) is 32.1 Å². The van der Waals surface area contributed by atoms with E-state index in [9.17, 15) is 0 Å². The van der Waals surface area contributed by atoms with Crippen molar-refractivity contribution in [3.8, 4) is 6.07 Å². The van der Waals surface area contributed by atoms with Crippen LogP contribution >= 0.6 is 0 Å². The van der Waals surface area contributed by atoms with Gasteiger partial charge in [0.15, 0.2) is 0 Å². The molecule has 17 heavy (non-hydrogen) atoms. The lowest BCUT2D eigenvalue weighted by molar-refractivity contribution is 0.223. The molecule has 0 aromatic rings. The van der Waals surface area contributed by atoms with Crippen LogP contribution in [-0.2, 0) is 0 Å². The van der Waals surface area contributed by atoms with Gasteiger partial charge in [0.05, 0.1) is 6.07 Å². The van der Waals surface area contributed by atoms with Crippen molar-refractivity contribution in [2.75, 3.05) is 20.1 Å². The van der Waals surface area contributed by atoms with E-state index >= 15 is 0 Å². The molecule has 1 N–H and O–H groups in total. The summed E-state index contributed by atoms with van der Waals surface area (Å²) in [5, 5.41) is 12.4. The van der Waals surface area contributed by atoms with Crippen molar-refractivity contribution in [3.63, 3.8) is 0 Å². The van der Waals surface area contributed by atoms with Crippen LogP contribution in [0.3, 0.4) is 0 Å². The maximum Gasteiger partial charge on any atom is 0.108 e. The molecule has 3 nitrogen and oxygen atoms in total. The van der Waals surface area contributed by atoms with Gasteiger partial charge in [0, 0.05) is 19.1 Å². The molecule has 98 valence electrons. The van der Waals surface area contributed by atoms with Crippen LogP contribution in [0.15, 0.2) is 0 Å². The molecular weight excluding hydrogens is 210 g/mol. The number of nitrogens with one attached hydrogen (secondary N) is 1. The summed E-state index contributed by atoms with van der Waals surface area (Å²) in [6.45, 7) is 6.17. The molecule has 1 aliphatic rings. The Morgan fingerprint density at radius 3 is 2.47 bits per heavy atom. The third-order valence-corrected chi connectivity index (χ3v) is 3.48. The van der Waals surface area contributed by atoms with E-state index in [-0.39, 0.29) is 6.04 Å². The van der Waals surface area contributed by atoms with Gasteiger partial charge < -0.3 is 4.90 Å². The van der Waals surface area contributed by atoms with Crippen LogP contribution in [0.5, 0.6) is 0 Å². The zero-order valence-electron chi connectivity index (χ0n) is 11.6. The lowest BCUT2D eigenvalue weighted by atomic mass is 9.89. The van der Waals surface area contributed by atoms with Crippen molar-refractivity contribution >= 4 is 0 Å². The minimum absolute atomic E-state index is 0.0383. The Morgan fingerprint density at radius 2 is 1.94 bits per heavy atom. The van der Waals surface area contributed by atoms with Gasteiger partial charge in [-0.05, 0) is 39.7 Å². The highest BCUT2D eigenvalue weighted by atomic mass is 15.1. The molecule has 0 amide bonds. The normalized spacial score (nSPS) is 19.5. The first-order chi connectivity index (χ1) is 8.11. The van der Waals surface area contributed by atoms with Crippen LogP contribution < -0.4 is 5.32 Å². The standard InChI is InChI=1S/C14H27N3/c1-12(2)16-14(9-15)11-17(3)10-13-7-5-4-6-8-13/h12-14,16H,4-8,10-11H2,1-3H3. The van der Waals surface area contributed by atoms with Gasteiger partial charge in [-0.2, -0.15) is 5.26 Å². The van der Waals surface area contributed by atoms with Gasteiger partial charge in [-0.15, -0.1) is 0 Å². The molecule has 1 fully saturated rings. The lowest BCUT2D eigenvalue weighted by Crippen LogP contribution is -2.43. The fraction of sp³-hybridized carbons (Fsp3) is 0.929. The second kappa shape index (κ2) is 7.68. The Balaban J connectivity index is 2.26. The quantitative estimate of drug-likeness (QED) is 0.771. The summed E-state index contributed by atoms with van der Waals surface area (Å²) < 4.78 is 0. The third-order valence-electron chi connectivity index (χ3n) is 3.48. The summed E-state index contributed by atoms with van der Waals surface area (Å²) in [6.07, 6.45) is 6.95. The largest absolute Gasteiger partial charge is 0.303 e. The summed E-state index contributed by atoms with van der Waals surface area (Å²) in [5.41, 5.74) is 0. The van der Waals surface area contributed by atoms with E-state index in [0.717, 1.165) is 19.0 Å². The molecule has 1 aliphatic carbocycles. The van der Waals surface area contributed by atoms with E-state index in [1.54, 1.807) is 0 Å². The van der Waals surface area contributed by atoms with Gasteiger partial charge in [0.25, 0.3) is 0 Å². The van der Waals surface area contributed by atoms with Crippen molar-refractivity contribution in [1.29, 1.82) is 5.26 Å². The summed E-state index contributed by atoms with van der Waals surface area (Å²) in [5.74, 6) is 0.854. The second-order valence-corrected chi connectivity index (χ2v) is 5.73. The Hall–Kier alpha value is -0.590. The first-order valence-corrected chi connectivity index (χ1v) is 6.96. The number of nitrogens with zero attached hydrogens (tertiary/aromatic N) is 2. The van der Waals surface area contributed by atoms with Crippen LogP contribution in [0, 0.1) is 17.2 Å². The van der Waals surface area contributed by atoms with Crippen LogP contribution in [0.25, 0.3) is 0 Å². The molecule has 0 heterocycles. The van der Waals surface area contributed by atoms with Crippen molar-refractivity contribution < 1.29 is 0 Å². The maximum atomic E-state index is 9.09. The molecular formula is C14H27N3. The first-order valence-electron chi connectivity index (χ1n) is 6.96. The van der Waals surface area contributed by atoms with Gasteiger partial charge in [-0.25, -0.2) is 0 Å². The van der Waals surface area contributed by atoms with Gasteiger partial charge in [-0.3, -0.25) is 5.32 Å². The van der Waals surface area contributed by atoms with Crippen LogP contribution in [0.2, 0.25) is 0 Å². The summed E-state index contributed by atoms with van der Waals surface area (Å²) in [4.78, 5) is 2.32. The van der Waals surface area contributed by atoms with Gasteiger partial charge in [0.2, 0.25) is 0 Å². The molecule has 1 saturated carbocycles. The topological polar surface area (TPSA) is 39.1 Å². The Labute approximate surface area is 106 Å². The van der Waals surface area contributed by atoms with Gasteiger partial charge in [0.1, 0.15) is 6.04 Å². The molecule has 0 saturated heterocycles. The summed E-state index contributed by atoms with van der Waals surface area (Å²) >= 11 is 0. The smallest absolute Gasteiger partial charge is 0.108 e. The maximum absolute atomic E-state index is 9.09. The summed E-state index contributed by atoms with van der Waals surface area (Å²) in [6, 6.07) is 2.69. The predicted octanol–water partition coefficient (Wildman–Crippen LogP) is 2.39. The van der Waals surface area contributed by atoms with Crippen LogP contribution in [0.4, 0.5) is 0 Å². The molecule has 0 spiro atoms. The van der Waals surface area contributed by atoms with E-state index < -0.39 is 0 Å². The highest BCUT2D eigenvalue weighted by molar-refractivity contribution is 4.92. The predicted molar refractivity (Wildman–Crippen MR) is 71.7 cm³/mol. The fourth-order valence-electron chi connectivity index (χ4n) is 2.73. The fourth-order valence-corrected chi connectivity index (χ4v) is 2.73. The van der Waals surface area contributed by atoms with Crippen molar-refractivity contribution in [2.24, 2.45) is 5.92 Å². The number of rotatable bonds is 6. The monoisotopic (exact) mass is 237 g/mol. The third kappa shape index (κ3) is 6.05. The number of hydrogen-bond donors (Lipinski definition) is 1. The van der Waals surface area contributed by atoms with Gasteiger partial charge >= 0.3 is 0 Å². The lowest BCUT2D eigenvalue weighted by Gasteiger charge is -2.28. The van der Waals surface area contributed by atoms with Crippen LogP contribution in [-0.4, -0.2) is 37.1 Å².